The average molecular weight is 249 g/mol. The molecule has 1 unspecified atom stereocenters. The van der Waals surface area contributed by atoms with Crippen molar-refractivity contribution in [3.05, 3.63) is 44.5 Å². The van der Waals surface area contributed by atoms with Crippen molar-refractivity contribution in [2.75, 3.05) is 7.05 Å². The van der Waals surface area contributed by atoms with E-state index < -0.39 is 0 Å². The van der Waals surface area contributed by atoms with Crippen LogP contribution in [0.5, 0.6) is 0 Å². The molecule has 2 aromatic heterocycles. The van der Waals surface area contributed by atoms with E-state index in [4.69, 9.17) is 4.42 Å². The topological polar surface area (TPSA) is 25.2 Å². The Bertz CT molecular complexity index is 505. The van der Waals surface area contributed by atoms with Gasteiger partial charge in [0.25, 0.3) is 0 Å². The second-order valence-corrected chi connectivity index (χ2v) is 5.77. The fourth-order valence-electron chi connectivity index (χ4n) is 2.13. The first-order valence-electron chi connectivity index (χ1n) is 5.84. The number of rotatable bonds is 3. The van der Waals surface area contributed by atoms with Crippen LogP contribution in [0.25, 0.3) is 0 Å². The Morgan fingerprint density at radius 1 is 1.18 bits per heavy atom. The minimum absolute atomic E-state index is 0.241. The number of furan rings is 1. The summed E-state index contributed by atoms with van der Waals surface area (Å²) in [5, 5.41) is 3.38. The molecule has 2 heterocycles. The van der Waals surface area contributed by atoms with E-state index in [0.29, 0.717) is 0 Å². The van der Waals surface area contributed by atoms with Crippen molar-refractivity contribution in [3.8, 4) is 0 Å². The fraction of sp³-hybridized carbons (Fsp3) is 0.429. The van der Waals surface area contributed by atoms with E-state index in [-0.39, 0.29) is 6.04 Å². The third kappa shape index (κ3) is 2.31. The molecule has 0 radical (unpaired) electrons. The molecule has 0 saturated heterocycles. The van der Waals surface area contributed by atoms with Gasteiger partial charge < -0.3 is 9.73 Å². The maximum Gasteiger partial charge on any atom is 0.106 e. The SMILES string of the molecule is CNC(c1cc(C)c(C)s1)c1cc(C)oc1C. The van der Waals surface area contributed by atoms with Crippen molar-refractivity contribution >= 4 is 11.3 Å². The molecule has 0 saturated carbocycles. The lowest BCUT2D eigenvalue weighted by atomic mass is 10.1. The normalized spacial score (nSPS) is 13.0. The van der Waals surface area contributed by atoms with Gasteiger partial charge >= 0.3 is 0 Å². The standard InChI is InChI=1S/C14H19NOS/c1-8-6-13(17-11(8)4)14(15-5)12-7-9(2)16-10(12)3/h6-7,14-15H,1-5H3. The second kappa shape index (κ2) is 4.67. The van der Waals surface area contributed by atoms with Gasteiger partial charge in [-0.05, 0) is 52.4 Å². The highest BCUT2D eigenvalue weighted by atomic mass is 32.1. The van der Waals surface area contributed by atoms with Crippen molar-refractivity contribution in [2.45, 2.75) is 33.7 Å². The summed E-state index contributed by atoms with van der Waals surface area (Å²) in [7, 11) is 2.00. The molecule has 0 spiro atoms. The fourth-order valence-corrected chi connectivity index (χ4v) is 3.30. The summed E-state index contributed by atoms with van der Waals surface area (Å²) < 4.78 is 5.62. The molecule has 92 valence electrons. The smallest absolute Gasteiger partial charge is 0.106 e. The number of thiophene rings is 1. The Balaban J connectivity index is 2.43. The Kier molecular flexibility index (Phi) is 3.40. The van der Waals surface area contributed by atoms with Gasteiger partial charge in [-0.25, -0.2) is 0 Å². The van der Waals surface area contributed by atoms with Crippen molar-refractivity contribution < 1.29 is 4.42 Å². The highest BCUT2D eigenvalue weighted by Crippen LogP contribution is 2.33. The number of aryl methyl sites for hydroxylation is 4. The molecule has 0 aromatic carbocycles. The van der Waals surface area contributed by atoms with E-state index in [0.717, 1.165) is 11.5 Å². The zero-order valence-corrected chi connectivity index (χ0v) is 11.9. The van der Waals surface area contributed by atoms with Gasteiger partial charge in [-0.2, -0.15) is 0 Å². The summed E-state index contributed by atoms with van der Waals surface area (Å²) in [4.78, 5) is 2.74. The maximum atomic E-state index is 5.62. The van der Waals surface area contributed by atoms with E-state index in [9.17, 15) is 0 Å². The average Bonchev–Trinajstić information content (AvgIpc) is 2.74. The molecule has 0 aliphatic rings. The molecule has 0 aliphatic carbocycles. The molecule has 0 bridgehead atoms. The summed E-state index contributed by atoms with van der Waals surface area (Å²) in [5.41, 5.74) is 2.61. The number of hydrogen-bond acceptors (Lipinski definition) is 3. The molecule has 2 nitrogen and oxygen atoms in total. The quantitative estimate of drug-likeness (QED) is 0.893. The van der Waals surface area contributed by atoms with Crippen molar-refractivity contribution in [1.82, 2.24) is 5.32 Å². The van der Waals surface area contributed by atoms with Crippen LogP contribution in [-0.2, 0) is 0 Å². The van der Waals surface area contributed by atoms with Crippen LogP contribution in [0.3, 0.4) is 0 Å². The lowest BCUT2D eigenvalue weighted by Gasteiger charge is -2.13. The molecule has 17 heavy (non-hydrogen) atoms. The van der Waals surface area contributed by atoms with Crippen molar-refractivity contribution in [1.29, 1.82) is 0 Å². The molecule has 0 fully saturated rings. The molecule has 3 heteroatoms. The number of nitrogens with one attached hydrogen (secondary N) is 1. The van der Waals surface area contributed by atoms with E-state index in [1.807, 2.05) is 32.2 Å². The summed E-state index contributed by atoms with van der Waals surface area (Å²) in [6.45, 7) is 8.35. The third-order valence-electron chi connectivity index (χ3n) is 3.15. The van der Waals surface area contributed by atoms with Crippen LogP contribution in [0, 0.1) is 27.7 Å². The van der Waals surface area contributed by atoms with Gasteiger partial charge in [-0.3, -0.25) is 0 Å². The molecular weight excluding hydrogens is 230 g/mol. The zero-order chi connectivity index (χ0) is 12.6. The van der Waals surface area contributed by atoms with Gasteiger partial charge in [0, 0.05) is 15.3 Å². The van der Waals surface area contributed by atoms with Gasteiger partial charge in [0.05, 0.1) is 6.04 Å². The van der Waals surface area contributed by atoms with E-state index in [2.05, 4.69) is 31.3 Å². The summed E-state index contributed by atoms with van der Waals surface area (Å²) >= 11 is 1.86. The third-order valence-corrected chi connectivity index (χ3v) is 4.37. The number of hydrogen-bond donors (Lipinski definition) is 1. The first kappa shape index (κ1) is 12.4. The Morgan fingerprint density at radius 2 is 1.88 bits per heavy atom. The summed E-state index contributed by atoms with van der Waals surface area (Å²) in [6.07, 6.45) is 0. The minimum Gasteiger partial charge on any atom is -0.466 e. The Morgan fingerprint density at radius 3 is 2.29 bits per heavy atom. The summed E-state index contributed by atoms with van der Waals surface area (Å²) in [5.74, 6) is 1.98. The van der Waals surface area contributed by atoms with Gasteiger partial charge in [0.1, 0.15) is 11.5 Å². The van der Waals surface area contributed by atoms with Crippen LogP contribution in [0.1, 0.15) is 38.4 Å². The highest BCUT2D eigenvalue weighted by Gasteiger charge is 2.19. The zero-order valence-electron chi connectivity index (χ0n) is 11.0. The molecule has 1 N–H and O–H groups in total. The van der Waals surface area contributed by atoms with Crippen molar-refractivity contribution in [3.63, 3.8) is 0 Å². The van der Waals surface area contributed by atoms with Gasteiger partial charge in [0.2, 0.25) is 0 Å². The van der Waals surface area contributed by atoms with E-state index >= 15 is 0 Å². The monoisotopic (exact) mass is 249 g/mol. The van der Waals surface area contributed by atoms with Crippen LogP contribution in [-0.4, -0.2) is 7.05 Å². The Hall–Kier alpha value is -1.06. The highest BCUT2D eigenvalue weighted by molar-refractivity contribution is 7.12. The van der Waals surface area contributed by atoms with Crippen LogP contribution in [0.2, 0.25) is 0 Å². The van der Waals surface area contributed by atoms with Gasteiger partial charge in [0.15, 0.2) is 0 Å². The largest absolute Gasteiger partial charge is 0.466 e. The predicted molar refractivity (Wildman–Crippen MR) is 72.9 cm³/mol. The Labute approximate surface area is 107 Å². The molecule has 2 aromatic rings. The molecule has 0 aliphatic heterocycles. The van der Waals surface area contributed by atoms with Gasteiger partial charge in [-0.15, -0.1) is 11.3 Å². The lowest BCUT2D eigenvalue weighted by Crippen LogP contribution is -2.16. The minimum atomic E-state index is 0.241. The molecule has 2 rings (SSSR count). The second-order valence-electron chi connectivity index (χ2n) is 4.48. The molecular formula is C14H19NOS. The van der Waals surface area contributed by atoms with Crippen LogP contribution < -0.4 is 5.32 Å². The first-order chi connectivity index (χ1) is 8.02. The lowest BCUT2D eigenvalue weighted by molar-refractivity contribution is 0.497. The summed E-state index contributed by atoms with van der Waals surface area (Å²) in [6, 6.07) is 4.63. The van der Waals surface area contributed by atoms with Gasteiger partial charge in [-0.1, -0.05) is 0 Å². The van der Waals surface area contributed by atoms with Crippen LogP contribution >= 0.6 is 11.3 Å². The van der Waals surface area contributed by atoms with Crippen LogP contribution in [0.4, 0.5) is 0 Å². The van der Waals surface area contributed by atoms with Crippen LogP contribution in [0.15, 0.2) is 16.5 Å². The van der Waals surface area contributed by atoms with E-state index in [1.54, 1.807) is 0 Å². The van der Waals surface area contributed by atoms with E-state index in [1.165, 1.54) is 20.9 Å². The molecule has 0 amide bonds. The predicted octanol–water partition coefficient (Wildman–Crippen LogP) is 3.88. The molecule has 1 atom stereocenters. The van der Waals surface area contributed by atoms with Crippen molar-refractivity contribution in [2.24, 2.45) is 0 Å². The maximum absolute atomic E-state index is 5.62. The first-order valence-corrected chi connectivity index (χ1v) is 6.65.